The van der Waals surface area contributed by atoms with Crippen molar-refractivity contribution >= 4 is 28.7 Å². The summed E-state index contributed by atoms with van der Waals surface area (Å²) in [4.78, 5) is 19.0. The molecule has 41 heavy (non-hydrogen) atoms. The minimum absolute atomic E-state index is 0.328. The van der Waals surface area contributed by atoms with Gasteiger partial charge < -0.3 is 19.7 Å². The number of hydrogen-bond donors (Lipinski definition) is 1. The van der Waals surface area contributed by atoms with E-state index in [0.717, 1.165) is 34.0 Å². The van der Waals surface area contributed by atoms with E-state index in [1.165, 1.54) is 6.07 Å². The molecule has 0 unspecified atom stereocenters. The van der Waals surface area contributed by atoms with Crippen LogP contribution in [0.4, 0.5) is 26.1 Å². The average molecular weight is 581 g/mol. The van der Waals surface area contributed by atoms with Crippen molar-refractivity contribution in [1.82, 2.24) is 19.9 Å². The van der Waals surface area contributed by atoms with Crippen molar-refractivity contribution in [3.63, 3.8) is 0 Å². The van der Waals surface area contributed by atoms with E-state index in [2.05, 4.69) is 22.1 Å². The highest BCUT2D eigenvalue weighted by Gasteiger charge is 2.21. The van der Waals surface area contributed by atoms with E-state index in [4.69, 9.17) is 19.4 Å². The zero-order valence-corrected chi connectivity index (χ0v) is 24.3. The van der Waals surface area contributed by atoms with Crippen LogP contribution in [-0.2, 0) is 6.42 Å². The summed E-state index contributed by atoms with van der Waals surface area (Å²) in [6, 6.07) is 12.6. The first-order chi connectivity index (χ1) is 20.0. The zero-order chi connectivity index (χ0) is 28.8. The third-order valence-electron chi connectivity index (χ3n) is 6.97. The van der Waals surface area contributed by atoms with Gasteiger partial charge in [0.05, 0.1) is 41.2 Å². The minimum atomic E-state index is -0.363. The van der Waals surface area contributed by atoms with Crippen LogP contribution in [0.15, 0.2) is 48.7 Å². The van der Waals surface area contributed by atoms with Crippen LogP contribution in [0.2, 0.25) is 0 Å². The standard InChI is InChI=1S/C30H34F2N6O2S/c1-4-5-27-36-28(20-16-22(39-2)19-23(17-20)40-3)29(41-27)25-8-10-33-30(35-25)34-21-6-7-26(24(32)18-21)38-14-12-37(11-9-31)13-15-38/h6-8,10,16-19H,4-5,9,11-15H2,1-3H3,(H,33,34,35). The molecule has 0 saturated carbocycles. The van der Waals surface area contributed by atoms with Crippen LogP contribution in [0.3, 0.4) is 0 Å². The molecule has 2 aromatic heterocycles. The molecule has 11 heteroatoms. The largest absolute Gasteiger partial charge is 0.497 e. The lowest BCUT2D eigenvalue weighted by Crippen LogP contribution is -2.47. The first kappa shape index (κ1) is 28.7. The van der Waals surface area contributed by atoms with Crippen molar-refractivity contribution in [2.24, 2.45) is 0 Å². The van der Waals surface area contributed by atoms with Gasteiger partial charge in [-0.15, -0.1) is 11.3 Å². The summed E-state index contributed by atoms with van der Waals surface area (Å²) in [5.41, 5.74) is 3.46. The van der Waals surface area contributed by atoms with Gasteiger partial charge in [0, 0.05) is 56.2 Å². The summed E-state index contributed by atoms with van der Waals surface area (Å²) >= 11 is 1.60. The lowest BCUT2D eigenvalue weighted by molar-refractivity contribution is 0.235. The van der Waals surface area contributed by atoms with Crippen molar-refractivity contribution in [2.45, 2.75) is 19.8 Å². The monoisotopic (exact) mass is 580 g/mol. The quantitative estimate of drug-likeness (QED) is 0.224. The van der Waals surface area contributed by atoms with Crippen LogP contribution in [0.25, 0.3) is 21.8 Å². The number of rotatable bonds is 11. The van der Waals surface area contributed by atoms with Gasteiger partial charge in [-0.2, -0.15) is 0 Å². The first-order valence-electron chi connectivity index (χ1n) is 13.7. The van der Waals surface area contributed by atoms with Gasteiger partial charge in [-0.25, -0.2) is 23.7 Å². The molecule has 0 radical (unpaired) electrons. The SMILES string of the molecule is CCCc1nc(-c2cc(OC)cc(OC)c2)c(-c2ccnc(Nc3ccc(N4CCN(CCF)CC4)c(F)c3)n2)s1. The van der Waals surface area contributed by atoms with Gasteiger partial charge in [0.25, 0.3) is 0 Å². The highest BCUT2D eigenvalue weighted by atomic mass is 32.1. The van der Waals surface area contributed by atoms with E-state index >= 15 is 4.39 Å². The number of piperazine rings is 1. The smallest absolute Gasteiger partial charge is 0.227 e. The van der Waals surface area contributed by atoms with E-state index in [-0.39, 0.29) is 12.5 Å². The van der Waals surface area contributed by atoms with Gasteiger partial charge in [0.15, 0.2) is 0 Å². The van der Waals surface area contributed by atoms with Crippen molar-refractivity contribution in [1.29, 1.82) is 0 Å². The molecular formula is C30H34F2N6O2S. The Morgan fingerprint density at radius 3 is 2.39 bits per heavy atom. The van der Waals surface area contributed by atoms with Gasteiger partial charge in [0.1, 0.15) is 24.0 Å². The molecule has 0 atom stereocenters. The Morgan fingerprint density at radius 1 is 0.976 bits per heavy atom. The fourth-order valence-corrected chi connectivity index (χ4v) is 6.00. The second-order valence-corrected chi connectivity index (χ2v) is 10.8. The Labute approximate surface area is 243 Å². The number of methoxy groups -OCH3 is 2. The van der Waals surface area contributed by atoms with Crippen LogP contribution in [0, 0.1) is 5.82 Å². The highest BCUT2D eigenvalue weighted by Crippen LogP contribution is 2.39. The maximum atomic E-state index is 15.1. The Bertz CT molecular complexity index is 1450. The number of alkyl halides is 1. The number of nitrogens with one attached hydrogen (secondary N) is 1. The molecule has 0 amide bonds. The summed E-state index contributed by atoms with van der Waals surface area (Å²) in [5, 5.41) is 4.16. The van der Waals surface area contributed by atoms with Crippen molar-refractivity contribution in [2.75, 3.05) is 63.8 Å². The number of ether oxygens (including phenoxy) is 2. The summed E-state index contributed by atoms with van der Waals surface area (Å²) in [6.45, 7) is 4.93. The molecule has 1 N–H and O–H groups in total. The molecule has 0 bridgehead atoms. The van der Waals surface area contributed by atoms with E-state index in [9.17, 15) is 4.39 Å². The van der Waals surface area contributed by atoms with Gasteiger partial charge in [-0.05, 0) is 49.2 Å². The predicted molar refractivity (Wildman–Crippen MR) is 160 cm³/mol. The van der Waals surface area contributed by atoms with Gasteiger partial charge in [-0.1, -0.05) is 6.92 Å². The predicted octanol–water partition coefficient (Wildman–Crippen LogP) is 6.21. The molecule has 4 aromatic rings. The lowest BCUT2D eigenvalue weighted by Gasteiger charge is -2.35. The summed E-state index contributed by atoms with van der Waals surface area (Å²) in [6.07, 6.45) is 3.51. The second-order valence-electron chi connectivity index (χ2n) is 9.71. The molecule has 1 fully saturated rings. The molecule has 0 spiro atoms. The second kappa shape index (κ2) is 13.2. The van der Waals surface area contributed by atoms with E-state index in [0.29, 0.717) is 67.2 Å². The van der Waals surface area contributed by atoms with E-state index < -0.39 is 0 Å². The molecule has 1 aliphatic rings. The first-order valence-corrected chi connectivity index (χ1v) is 14.5. The fraction of sp³-hybridized carbons (Fsp3) is 0.367. The molecule has 2 aromatic carbocycles. The number of halogens is 2. The topological polar surface area (TPSA) is 75.6 Å². The minimum Gasteiger partial charge on any atom is -0.497 e. The molecule has 8 nitrogen and oxygen atoms in total. The number of hydrogen-bond acceptors (Lipinski definition) is 9. The van der Waals surface area contributed by atoms with Crippen LogP contribution in [0.1, 0.15) is 18.4 Å². The van der Waals surface area contributed by atoms with E-state index in [1.54, 1.807) is 37.8 Å². The molecule has 1 aliphatic heterocycles. The van der Waals surface area contributed by atoms with Crippen molar-refractivity contribution in [3.05, 3.63) is 59.5 Å². The summed E-state index contributed by atoms with van der Waals surface area (Å²) in [7, 11) is 3.24. The number of thiazole rings is 1. The van der Waals surface area contributed by atoms with Gasteiger partial charge in [0.2, 0.25) is 5.95 Å². The molecule has 1 saturated heterocycles. The Balaban J connectivity index is 1.39. The number of nitrogens with zero attached hydrogens (tertiary/aromatic N) is 5. The Morgan fingerprint density at radius 2 is 1.73 bits per heavy atom. The average Bonchev–Trinajstić information content (AvgIpc) is 3.42. The zero-order valence-electron chi connectivity index (χ0n) is 23.5. The van der Waals surface area contributed by atoms with Crippen LogP contribution >= 0.6 is 11.3 Å². The molecule has 216 valence electrons. The summed E-state index contributed by atoms with van der Waals surface area (Å²) < 4.78 is 38.8. The number of anilines is 3. The maximum Gasteiger partial charge on any atom is 0.227 e. The maximum absolute atomic E-state index is 15.1. The number of benzene rings is 2. The third-order valence-corrected chi connectivity index (χ3v) is 8.10. The van der Waals surface area contributed by atoms with Crippen LogP contribution in [-0.4, -0.2) is 73.5 Å². The van der Waals surface area contributed by atoms with E-state index in [1.807, 2.05) is 35.2 Å². The molecule has 5 rings (SSSR count). The normalized spacial score (nSPS) is 13.8. The third kappa shape index (κ3) is 6.74. The Hall–Kier alpha value is -3.83. The van der Waals surface area contributed by atoms with Gasteiger partial charge in [-0.3, -0.25) is 4.90 Å². The molecule has 3 heterocycles. The van der Waals surface area contributed by atoms with Crippen molar-refractivity contribution < 1.29 is 18.3 Å². The lowest BCUT2D eigenvalue weighted by atomic mass is 10.1. The van der Waals surface area contributed by atoms with Crippen molar-refractivity contribution in [3.8, 4) is 33.3 Å². The Kier molecular flexibility index (Phi) is 9.25. The number of aromatic nitrogens is 3. The molecule has 0 aliphatic carbocycles. The molecular weight excluding hydrogens is 546 g/mol. The van der Waals surface area contributed by atoms with Gasteiger partial charge >= 0.3 is 0 Å². The van der Waals surface area contributed by atoms with Crippen LogP contribution in [0.5, 0.6) is 11.5 Å². The fourth-order valence-electron chi connectivity index (χ4n) is 4.85. The number of aryl methyl sites for hydroxylation is 1. The van der Waals surface area contributed by atoms with Crippen LogP contribution < -0.4 is 19.7 Å². The highest BCUT2D eigenvalue weighted by molar-refractivity contribution is 7.15. The summed E-state index contributed by atoms with van der Waals surface area (Å²) in [5.74, 6) is 1.38.